The maximum absolute atomic E-state index is 12.1. The molecule has 2 aliphatic heterocycles. The maximum atomic E-state index is 12.1. The van der Waals surface area contributed by atoms with E-state index in [0.717, 1.165) is 32.7 Å². The van der Waals surface area contributed by atoms with Crippen LogP contribution in [-0.4, -0.2) is 53.1 Å². The predicted molar refractivity (Wildman–Crippen MR) is 89.7 cm³/mol. The van der Waals surface area contributed by atoms with E-state index in [4.69, 9.17) is 9.15 Å². The number of nitrogens with one attached hydrogen (secondary N) is 1. The smallest absolute Gasteiger partial charge is 0.271 e. The van der Waals surface area contributed by atoms with Crippen LogP contribution in [0.5, 0.6) is 0 Å². The van der Waals surface area contributed by atoms with Crippen molar-refractivity contribution in [1.82, 2.24) is 20.2 Å². The fourth-order valence-corrected chi connectivity index (χ4v) is 3.79. The summed E-state index contributed by atoms with van der Waals surface area (Å²) in [5.41, 5.74) is 1.53. The third-order valence-electron chi connectivity index (χ3n) is 5.14. The molecule has 7 heteroatoms. The van der Waals surface area contributed by atoms with Gasteiger partial charge in [-0.25, -0.2) is 4.98 Å². The average molecular weight is 342 g/mol. The van der Waals surface area contributed by atoms with E-state index in [0.29, 0.717) is 24.1 Å². The number of nitrogens with zero attached hydrogens (tertiary/aromatic N) is 3. The van der Waals surface area contributed by atoms with Gasteiger partial charge in [-0.05, 0) is 24.9 Å². The first kappa shape index (κ1) is 16.2. The third kappa shape index (κ3) is 3.72. The van der Waals surface area contributed by atoms with Gasteiger partial charge in [0.05, 0.1) is 31.4 Å². The summed E-state index contributed by atoms with van der Waals surface area (Å²) in [7, 11) is 0. The second kappa shape index (κ2) is 7.33. The number of furan rings is 1. The van der Waals surface area contributed by atoms with Gasteiger partial charge in [-0.1, -0.05) is 0 Å². The predicted octanol–water partition coefficient (Wildman–Crippen LogP) is 1.34. The van der Waals surface area contributed by atoms with Crippen molar-refractivity contribution in [2.45, 2.75) is 19.1 Å². The molecule has 0 aromatic carbocycles. The van der Waals surface area contributed by atoms with E-state index in [-0.39, 0.29) is 12.0 Å². The molecule has 2 aromatic rings. The number of carbonyl (C=O) groups is 1. The van der Waals surface area contributed by atoms with Crippen molar-refractivity contribution in [1.29, 1.82) is 0 Å². The lowest BCUT2D eigenvalue weighted by Crippen LogP contribution is -2.45. The van der Waals surface area contributed by atoms with Crippen molar-refractivity contribution in [2.24, 2.45) is 11.8 Å². The molecule has 0 saturated carbocycles. The van der Waals surface area contributed by atoms with Crippen molar-refractivity contribution < 1.29 is 13.9 Å². The van der Waals surface area contributed by atoms with Gasteiger partial charge in [0.25, 0.3) is 5.91 Å². The van der Waals surface area contributed by atoms with Crippen molar-refractivity contribution in [2.75, 3.05) is 26.2 Å². The maximum Gasteiger partial charge on any atom is 0.271 e. The van der Waals surface area contributed by atoms with E-state index in [1.54, 1.807) is 18.7 Å². The number of piperidine rings is 1. The number of ether oxygens (including phenoxy) is 1. The molecule has 0 spiro atoms. The quantitative estimate of drug-likeness (QED) is 0.883. The molecule has 132 valence electrons. The molecule has 4 heterocycles. The lowest BCUT2D eigenvalue weighted by Gasteiger charge is -2.35. The first-order chi connectivity index (χ1) is 12.3. The lowest BCUT2D eigenvalue weighted by molar-refractivity contribution is 0.0675. The Balaban J connectivity index is 1.32. The Bertz CT molecular complexity index is 692. The van der Waals surface area contributed by atoms with Crippen LogP contribution in [0.15, 0.2) is 41.6 Å². The van der Waals surface area contributed by atoms with E-state index in [2.05, 4.69) is 20.2 Å². The topological polar surface area (TPSA) is 80.5 Å². The van der Waals surface area contributed by atoms with Crippen LogP contribution in [0.1, 0.15) is 22.5 Å². The molecule has 2 aliphatic rings. The Labute approximate surface area is 146 Å². The van der Waals surface area contributed by atoms with Gasteiger partial charge in [-0.2, -0.15) is 0 Å². The van der Waals surface area contributed by atoms with Gasteiger partial charge < -0.3 is 14.5 Å². The molecule has 3 atom stereocenters. The van der Waals surface area contributed by atoms with Crippen LogP contribution in [-0.2, 0) is 11.3 Å². The number of aromatic nitrogens is 2. The Morgan fingerprint density at radius 1 is 1.40 bits per heavy atom. The molecule has 25 heavy (non-hydrogen) atoms. The summed E-state index contributed by atoms with van der Waals surface area (Å²) in [5, 5.41) is 2.93. The minimum absolute atomic E-state index is 0.0535. The Hall–Kier alpha value is -2.25. The highest BCUT2D eigenvalue weighted by molar-refractivity contribution is 5.91. The van der Waals surface area contributed by atoms with E-state index < -0.39 is 0 Å². The summed E-state index contributed by atoms with van der Waals surface area (Å²) in [6.45, 7) is 4.26. The van der Waals surface area contributed by atoms with E-state index in [1.807, 2.05) is 6.07 Å². The van der Waals surface area contributed by atoms with Crippen LogP contribution < -0.4 is 5.32 Å². The first-order valence-electron chi connectivity index (χ1n) is 8.69. The lowest BCUT2D eigenvalue weighted by atomic mass is 9.84. The van der Waals surface area contributed by atoms with Crippen LogP contribution in [0, 0.1) is 11.8 Å². The molecule has 0 bridgehead atoms. The number of amides is 1. The molecule has 4 rings (SSSR count). The molecule has 1 N–H and O–H groups in total. The molecular formula is C18H22N4O3. The highest BCUT2D eigenvalue weighted by atomic mass is 16.5. The zero-order valence-corrected chi connectivity index (χ0v) is 14.0. The van der Waals surface area contributed by atoms with Gasteiger partial charge in [-0.3, -0.25) is 14.7 Å². The normalized spacial score (nSPS) is 26.3. The largest absolute Gasteiger partial charge is 0.472 e. The highest BCUT2D eigenvalue weighted by Gasteiger charge is 2.40. The molecule has 0 unspecified atom stereocenters. The van der Waals surface area contributed by atoms with Crippen LogP contribution in [0.4, 0.5) is 0 Å². The SMILES string of the molecule is O=C(NC[C@@H]1OC[C@H]2CCN(Cc3ccoc3)C[C@H]21)c1cnccn1. The van der Waals surface area contributed by atoms with Gasteiger partial charge in [0.1, 0.15) is 5.69 Å². The zero-order chi connectivity index (χ0) is 17.1. The van der Waals surface area contributed by atoms with Crippen LogP contribution in [0.3, 0.4) is 0 Å². The molecule has 0 aliphatic carbocycles. The van der Waals surface area contributed by atoms with E-state index >= 15 is 0 Å². The van der Waals surface area contributed by atoms with E-state index in [1.165, 1.54) is 18.0 Å². The van der Waals surface area contributed by atoms with Crippen molar-refractivity contribution in [3.8, 4) is 0 Å². The number of hydrogen-bond donors (Lipinski definition) is 1. The fraction of sp³-hybridized carbons (Fsp3) is 0.500. The highest BCUT2D eigenvalue weighted by Crippen LogP contribution is 2.34. The standard InChI is InChI=1S/C18H22N4O3/c23-18(16-7-19-3-4-20-16)21-8-17-15-10-22(5-1-14(15)12-25-17)9-13-2-6-24-11-13/h2-4,6-7,11,14-15,17H,1,5,8-10,12H2,(H,21,23)/t14-,15-,17+/m1/s1. The Morgan fingerprint density at radius 2 is 2.36 bits per heavy atom. The van der Waals surface area contributed by atoms with Crippen molar-refractivity contribution in [3.63, 3.8) is 0 Å². The Morgan fingerprint density at radius 3 is 3.16 bits per heavy atom. The number of hydrogen-bond acceptors (Lipinski definition) is 6. The van der Waals surface area contributed by atoms with Crippen molar-refractivity contribution in [3.05, 3.63) is 48.4 Å². The summed E-state index contributed by atoms with van der Waals surface area (Å²) in [4.78, 5) is 22.5. The minimum Gasteiger partial charge on any atom is -0.472 e. The summed E-state index contributed by atoms with van der Waals surface area (Å²) < 4.78 is 11.1. The van der Waals surface area contributed by atoms with Gasteiger partial charge in [0.15, 0.2) is 0 Å². The number of carbonyl (C=O) groups excluding carboxylic acids is 1. The van der Waals surface area contributed by atoms with Crippen LogP contribution in [0.25, 0.3) is 0 Å². The Kier molecular flexibility index (Phi) is 4.76. The van der Waals surface area contributed by atoms with Crippen molar-refractivity contribution >= 4 is 5.91 Å². The molecule has 2 saturated heterocycles. The van der Waals surface area contributed by atoms with Gasteiger partial charge in [0.2, 0.25) is 0 Å². The molecule has 7 nitrogen and oxygen atoms in total. The van der Waals surface area contributed by atoms with Gasteiger partial charge in [0, 0.05) is 43.5 Å². The molecule has 1 amide bonds. The third-order valence-corrected chi connectivity index (χ3v) is 5.14. The molecule has 0 radical (unpaired) electrons. The fourth-order valence-electron chi connectivity index (χ4n) is 3.79. The number of likely N-dealkylation sites (tertiary alicyclic amines) is 1. The molecule has 2 aromatic heterocycles. The zero-order valence-electron chi connectivity index (χ0n) is 14.0. The van der Waals surface area contributed by atoms with Crippen LogP contribution in [0.2, 0.25) is 0 Å². The summed E-state index contributed by atoms with van der Waals surface area (Å²) in [6, 6.07) is 2.01. The average Bonchev–Trinajstić information content (AvgIpc) is 3.30. The molecule has 2 fully saturated rings. The second-order valence-corrected chi connectivity index (χ2v) is 6.75. The van der Waals surface area contributed by atoms with Crippen LogP contribution >= 0.6 is 0 Å². The number of fused-ring (bicyclic) bond motifs is 1. The summed E-state index contributed by atoms with van der Waals surface area (Å²) >= 11 is 0. The summed E-state index contributed by atoms with van der Waals surface area (Å²) in [6.07, 6.45) is 9.25. The van der Waals surface area contributed by atoms with E-state index in [9.17, 15) is 4.79 Å². The summed E-state index contributed by atoms with van der Waals surface area (Å²) in [5.74, 6) is 0.827. The van der Waals surface area contributed by atoms with Gasteiger partial charge in [-0.15, -0.1) is 0 Å². The number of rotatable bonds is 5. The van der Waals surface area contributed by atoms with Gasteiger partial charge >= 0.3 is 0 Å². The molecular weight excluding hydrogens is 320 g/mol. The minimum atomic E-state index is -0.203. The second-order valence-electron chi connectivity index (χ2n) is 6.75. The first-order valence-corrected chi connectivity index (χ1v) is 8.69. The monoisotopic (exact) mass is 342 g/mol.